The fraction of sp³-hybridized carbons (Fsp3) is 0.217. The Morgan fingerprint density at radius 2 is 1.94 bits per heavy atom. The predicted molar refractivity (Wildman–Crippen MR) is 123 cm³/mol. The zero-order valence-corrected chi connectivity index (χ0v) is 18.8. The third-order valence-electron chi connectivity index (χ3n) is 4.86. The molecule has 0 aromatic heterocycles. The van der Waals surface area contributed by atoms with E-state index in [9.17, 15) is 19.2 Å². The Hall–Kier alpha value is -3.15. The fourth-order valence-electron chi connectivity index (χ4n) is 3.42. The van der Waals surface area contributed by atoms with E-state index >= 15 is 0 Å². The molecule has 32 heavy (non-hydrogen) atoms. The number of halogens is 2. The van der Waals surface area contributed by atoms with Gasteiger partial charge >= 0.3 is 5.97 Å². The second-order valence-corrected chi connectivity index (χ2v) is 8.27. The summed E-state index contributed by atoms with van der Waals surface area (Å²) in [4.78, 5) is 29.3. The van der Waals surface area contributed by atoms with Crippen molar-refractivity contribution in [3.8, 4) is 6.07 Å². The van der Waals surface area contributed by atoms with Crippen LogP contribution < -0.4 is 5.32 Å². The third kappa shape index (κ3) is 5.01. The standard InChI is InChI=1S/C23H19ClFN3O3S/c1-13-20(23(30)31-2)21(14-7-3-5-9-17(14)25)15(11-26)22(27-13)32-12-19(29)28-18-10-6-4-8-16(18)24/h3-10,15,21H,12H2,1-2H3,(H,28,29). The van der Waals surface area contributed by atoms with Crippen molar-refractivity contribution >= 4 is 46.0 Å². The van der Waals surface area contributed by atoms with Crippen LogP contribution >= 0.6 is 23.4 Å². The van der Waals surface area contributed by atoms with Crippen molar-refractivity contribution in [2.45, 2.75) is 12.8 Å². The largest absolute Gasteiger partial charge is 0.466 e. The molecule has 2 unspecified atom stereocenters. The lowest BCUT2D eigenvalue weighted by Crippen LogP contribution is -2.30. The van der Waals surface area contributed by atoms with E-state index in [-0.39, 0.29) is 22.8 Å². The van der Waals surface area contributed by atoms with Gasteiger partial charge in [0.1, 0.15) is 11.7 Å². The van der Waals surface area contributed by atoms with Crippen molar-refractivity contribution < 1.29 is 18.7 Å². The van der Waals surface area contributed by atoms with Gasteiger partial charge in [-0.15, -0.1) is 0 Å². The number of carbonyl (C=O) groups is 2. The van der Waals surface area contributed by atoms with Crippen molar-refractivity contribution in [3.63, 3.8) is 0 Å². The van der Waals surface area contributed by atoms with Crippen molar-refractivity contribution in [2.24, 2.45) is 10.9 Å². The number of aliphatic imine (C=N–C) groups is 1. The fourth-order valence-corrected chi connectivity index (χ4v) is 4.52. The molecule has 0 saturated carbocycles. The van der Waals surface area contributed by atoms with E-state index < -0.39 is 23.6 Å². The summed E-state index contributed by atoms with van der Waals surface area (Å²) in [5, 5.41) is 13.3. The Kier molecular flexibility index (Phi) is 7.67. The van der Waals surface area contributed by atoms with Crippen molar-refractivity contribution in [2.75, 3.05) is 18.2 Å². The molecule has 3 rings (SSSR count). The lowest BCUT2D eigenvalue weighted by Gasteiger charge is -2.29. The highest BCUT2D eigenvalue weighted by Crippen LogP contribution is 2.42. The van der Waals surface area contributed by atoms with E-state index in [2.05, 4.69) is 16.4 Å². The van der Waals surface area contributed by atoms with E-state index in [0.29, 0.717) is 21.5 Å². The van der Waals surface area contributed by atoms with Crippen LogP contribution in [-0.4, -0.2) is 29.8 Å². The van der Waals surface area contributed by atoms with Crippen molar-refractivity contribution in [1.82, 2.24) is 0 Å². The van der Waals surface area contributed by atoms with Crippen LogP contribution in [0.1, 0.15) is 18.4 Å². The first kappa shape index (κ1) is 23.5. The minimum atomic E-state index is -0.970. The Morgan fingerprint density at radius 1 is 1.25 bits per heavy atom. The number of allylic oxidation sites excluding steroid dienone is 1. The van der Waals surface area contributed by atoms with Crippen LogP contribution in [0.3, 0.4) is 0 Å². The molecule has 2 aromatic carbocycles. The van der Waals surface area contributed by atoms with E-state index in [1.807, 2.05) is 0 Å². The maximum absolute atomic E-state index is 14.7. The van der Waals surface area contributed by atoms with Crippen LogP contribution in [0.25, 0.3) is 0 Å². The van der Waals surface area contributed by atoms with E-state index in [0.717, 1.165) is 11.8 Å². The number of thioether (sulfide) groups is 1. The Balaban J connectivity index is 1.90. The number of rotatable bonds is 5. The van der Waals surface area contributed by atoms with Gasteiger partial charge in [-0.25, -0.2) is 14.2 Å². The van der Waals surface area contributed by atoms with Crippen LogP contribution in [0.4, 0.5) is 10.1 Å². The summed E-state index contributed by atoms with van der Waals surface area (Å²) < 4.78 is 19.5. The first-order valence-electron chi connectivity index (χ1n) is 9.56. The summed E-state index contributed by atoms with van der Waals surface area (Å²) in [7, 11) is 1.22. The highest BCUT2D eigenvalue weighted by molar-refractivity contribution is 8.14. The van der Waals surface area contributed by atoms with Gasteiger partial charge in [0.2, 0.25) is 5.91 Å². The maximum atomic E-state index is 14.7. The van der Waals surface area contributed by atoms with Gasteiger partial charge in [-0.3, -0.25) is 4.79 Å². The number of nitriles is 1. The quantitative estimate of drug-likeness (QED) is 0.624. The molecular weight excluding hydrogens is 453 g/mol. The van der Waals surface area contributed by atoms with Gasteiger partial charge in [0.05, 0.1) is 40.3 Å². The molecule has 9 heteroatoms. The summed E-state index contributed by atoms with van der Waals surface area (Å²) >= 11 is 7.13. The Morgan fingerprint density at radius 3 is 2.59 bits per heavy atom. The molecule has 0 aliphatic carbocycles. The van der Waals surface area contributed by atoms with Crippen molar-refractivity contribution in [3.05, 3.63) is 76.2 Å². The van der Waals surface area contributed by atoms with Crippen molar-refractivity contribution in [1.29, 1.82) is 5.26 Å². The molecule has 1 amide bonds. The van der Waals surface area contributed by atoms with Gasteiger partial charge in [-0.05, 0) is 30.7 Å². The molecule has 1 N–H and O–H groups in total. The number of amides is 1. The number of anilines is 1. The maximum Gasteiger partial charge on any atom is 0.336 e. The zero-order chi connectivity index (χ0) is 23.3. The molecule has 1 heterocycles. The average molecular weight is 472 g/mol. The number of ether oxygens (including phenoxy) is 1. The summed E-state index contributed by atoms with van der Waals surface area (Å²) in [5.74, 6) is -3.50. The summed E-state index contributed by atoms with van der Waals surface area (Å²) in [6.45, 7) is 1.60. The highest BCUT2D eigenvalue weighted by Gasteiger charge is 2.40. The van der Waals surface area contributed by atoms with Gasteiger partial charge in [0.15, 0.2) is 0 Å². The summed E-state index contributed by atoms with van der Waals surface area (Å²) in [6.07, 6.45) is 0. The number of nitrogens with one attached hydrogen (secondary N) is 1. The monoisotopic (exact) mass is 471 g/mol. The Bertz CT molecular complexity index is 1160. The minimum Gasteiger partial charge on any atom is -0.466 e. The molecule has 164 valence electrons. The molecule has 2 aromatic rings. The van der Waals surface area contributed by atoms with E-state index in [4.69, 9.17) is 16.3 Å². The molecule has 0 spiro atoms. The minimum absolute atomic E-state index is 0.0485. The first-order chi connectivity index (χ1) is 15.4. The Labute approximate surface area is 194 Å². The molecule has 0 bridgehead atoms. The lowest BCUT2D eigenvalue weighted by atomic mass is 9.79. The molecule has 2 atom stereocenters. The van der Waals surface area contributed by atoms with Gasteiger partial charge < -0.3 is 10.1 Å². The van der Waals surface area contributed by atoms with E-state index in [1.54, 1.807) is 37.3 Å². The van der Waals surface area contributed by atoms with Gasteiger partial charge in [-0.2, -0.15) is 5.26 Å². The second-order valence-electron chi connectivity index (χ2n) is 6.86. The van der Waals surface area contributed by atoms with Crippen LogP contribution in [-0.2, 0) is 14.3 Å². The number of benzene rings is 2. The van der Waals surface area contributed by atoms with Gasteiger partial charge in [0.25, 0.3) is 0 Å². The number of hydrogen-bond acceptors (Lipinski definition) is 6. The number of hydrogen-bond donors (Lipinski definition) is 1. The van der Waals surface area contributed by atoms with E-state index in [1.165, 1.54) is 25.3 Å². The topological polar surface area (TPSA) is 91.5 Å². The molecule has 0 fully saturated rings. The molecule has 1 aliphatic heterocycles. The van der Waals surface area contributed by atoms with Crippen LogP contribution in [0.2, 0.25) is 5.02 Å². The average Bonchev–Trinajstić information content (AvgIpc) is 2.78. The lowest BCUT2D eigenvalue weighted by molar-refractivity contribution is -0.136. The SMILES string of the molecule is COC(=O)C1=C(C)N=C(SCC(=O)Nc2ccccc2Cl)C(C#N)C1c1ccccc1F. The van der Waals surface area contributed by atoms with Crippen LogP contribution in [0.15, 0.2) is 64.8 Å². The smallest absolute Gasteiger partial charge is 0.336 e. The normalized spacial score (nSPS) is 17.9. The summed E-state index contributed by atoms with van der Waals surface area (Å²) in [6, 6.07) is 14.9. The predicted octanol–water partition coefficient (Wildman–Crippen LogP) is 4.93. The molecular formula is C23H19ClFN3O3S. The van der Waals surface area contributed by atoms with Gasteiger partial charge in [-0.1, -0.05) is 53.7 Å². The number of esters is 1. The molecule has 0 radical (unpaired) electrons. The second kappa shape index (κ2) is 10.4. The summed E-state index contributed by atoms with van der Waals surface area (Å²) in [5.41, 5.74) is 1.09. The zero-order valence-electron chi connectivity index (χ0n) is 17.3. The first-order valence-corrected chi connectivity index (χ1v) is 10.9. The van der Waals surface area contributed by atoms with Gasteiger partial charge in [0, 0.05) is 11.6 Å². The molecule has 6 nitrogen and oxygen atoms in total. The van der Waals surface area contributed by atoms with Crippen LogP contribution in [0, 0.1) is 23.1 Å². The number of nitrogens with zero attached hydrogens (tertiary/aromatic N) is 2. The number of para-hydroxylation sites is 1. The third-order valence-corrected chi connectivity index (χ3v) is 6.24. The molecule has 0 saturated heterocycles. The number of carbonyl (C=O) groups excluding carboxylic acids is 2. The molecule has 1 aliphatic rings. The van der Waals surface area contributed by atoms with Crippen LogP contribution in [0.5, 0.6) is 0 Å². The highest BCUT2D eigenvalue weighted by atomic mass is 35.5. The number of methoxy groups -OCH3 is 1.